The minimum absolute atomic E-state index is 0.00305. The number of aliphatic carboxylic acids is 1. The zero-order chi connectivity index (χ0) is 20.3. The summed E-state index contributed by atoms with van der Waals surface area (Å²) in [5, 5.41) is 22.6. The Morgan fingerprint density at radius 1 is 1.32 bits per heavy atom. The van der Waals surface area contributed by atoms with Crippen LogP contribution in [0.25, 0.3) is 0 Å². The number of ether oxygens (including phenoxy) is 1. The van der Waals surface area contributed by atoms with Crippen LogP contribution in [0, 0.1) is 5.92 Å². The molecule has 5 N–H and O–H groups in total. The number of nitrogens with one attached hydrogen (secondary N) is 4. The van der Waals surface area contributed by atoms with Crippen LogP contribution in [0.3, 0.4) is 0 Å². The minimum Gasteiger partial charge on any atom is -0.478 e. The van der Waals surface area contributed by atoms with Gasteiger partial charge in [0.05, 0.1) is 17.6 Å². The van der Waals surface area contributed by atoms with Crippen LogP contribution in [0.4, 0.5) is 4.39 Å². The zero-order valence-electron chi connectivity index (χ0n) is 16.3. The van der Waals surface area contributed by atoms with Crippen LogP contribution in [0.15, 0.2) is 12.2 Å². The average Bonchev–Trinajstić information content (AvgIpc) is 2.68. The standard InChI is InChI=1S/C19H32ClFN4O3/c1-10(19(26)27)8-22-16-6-12-15(7-17(16)28-2)23-9-24-18(12)25-11-3-4-14(21)13(20)5-11/h11-18,22-25H,1,3-9H2,2H3,(H,26,27). The third-order valence-electron chi connectivity index (χ3n) is 6.38. The maximum Gasteiger partial charge on any atom is 0.332 e. The number of carboxylic acid groups (broad SMARTS) is 1. The fourth-order valence-electron chi connectivity index (χ4n) is 4.72. The summed E-state index contributed by atoms with van der Waals surface area (Å²) in [6, 6.07) is 0.536. The predicted molar refractivity (Wildman–Crippen MR) is 106 cm³/mol. The first-order valence-corrected chi connectivity index (χ1v) is 10.5. The molecule has 0 radical (unpaired) electrons. The lowest BCUT2D eigenvalue weighted by atomic mass is 9.76. The molecule has 7 nitrogen and oxygen atoms in total. The van der Waals surface area contributed by atoms with E-state index in [4.69, 9.17) is 21.4 Å². The lowest BCUT2D eigenvalue weighted by Crippen LogP contribution is -2.68. The van der Waals surface area contributed by atoms with Crippen molar-refractivity contribution < 1.29 is 19.0 Å². The molecule has 160 valence electrons. The van der Waals surface area contributed by atoms with Gasteiger partial charge >= 0.3 is 5.97 Å². The summed E-state index contributed by atoms with van der Waals surface area (Å²) < 4.78 is 19.4. The molecule has 9 heteroatoms. The Bertz CT molecular complexity index is 569. The number of carbonyl (C=O) groups is 1. The molecule has 3 rings (SSSR count). The third-order valence-corrected chi connectivity index (χ3v) is 6.84. The van der Waals surface area contributed by atoms with Gasteiger partial charge in [0, 0.05) is 49.9 Å². The van der Waals surface area contributed by atoms with Crippen LogP contribution in [-0.2, 0) is 9.53 Å². The molecule has 0 aromatic rings. The number of alkyl halides is 2. The molecule has 1 aliphatic heterocycles. The number of halogens is 2. The van der Waals surface area contributed by atoms with Gasteiger partial charge in [0.15, 0.2) is 0 Å². The number of methoxy groups -OCH3 is 1. The van der Waals surface area contributed by atoms with Gasteiger partial charge in [-0.3, -0.25) is 10.6 Å². The lowest BCUT2D eigenvalue weighted by molar-refractivity contribution is -0.132. The first kappa shape index (κ1) is 21.9. The van der Waals surface area contributed by atoms with Gasteiger partial charge in [-0.2, -0.15) is 0 Å². The van der Waals surface area contributed by atoms with Crippen molar-refractivity contribution in [3.8, 4) is 0 Å². The second-order valence-corrected chi connectivity index (χ2v) is 8.74. The molecular weight excluding hydrogens is 387 g/mol. The van der Waals surface area contributed by atoms with Crippen molar-refractivity contribution in [1.82, 2.24) is 21.3 Å². The molecule has 8 unspecified atom stereocenters. The topological polar surface area (TPSA) is 94.7 Å². The fraction of sp³-hybridized carbons (Fsp3) is 0.842. The molecule has 2 aliphatic carbocycles. The molecule has 28 heavy (non-hydrogen) atoms. The summed E-state index contributed by atoms with van der Waals surface area (Å²) in [5.74, 6) is -0.692. The highest BCUT2D eigenvalue weighted by molar-refractivity contribution is 6.21. The van der Waals surface area contributed by atoms with Crippen LogP contribution >= 0.6 is 11.6 Å². The highest BCUT2D eigenvalue weighted by Gasteiger charge is 2.43. The molecule has 3 aliphatic rings. The predicted octanol–water partition coefficient (Wildman–Crippen LogP) is 0.943. The average molecular weight is 419 g/mol. The van der Waals surface area contributed by atoms with Crippen molar-refractivity contribution in [2.45, 2.75) is 74.0 Å². The van der Waals surface area contributed by atoms with E-state index in [1.807, 2.05) is 0 Å². The Morgan fingerprint density at radius 2 is 2.11 bits per heavy atom. The Labute approximate surface area is 170 Å². The van der Waals surface area contributed by atoms with E-state index in [1.165, 1.54) is 0 Å². The smallest absolute Gasteiger partial charge is 0.332 e. The van der Waals surface area contributed by atoms with Gasteiger partial charge in [0.1, 0.15) is 6.17 Å². The summed E-state index contributed by atoms with van der Waals surface area (Å²) in [7, 11) is 1.69. The van der Waals surface area contributed by atoms with E-state index in [9.17, 15) is 9.18 Å². The number of rotatable bonds is 7. The highest BCUT2D eigenvalue weighted by atomic mass is 35.5. The van der Waals surface area contributed by atoms with Gasteiger partial charge in [-0.25, -0.2) is 9.18 Å². The Morgan fingerprint density at radius 3 is 2.79 bits per heavy atom. The van der Waals surface area contributed by atoms with Crippen LogP contribution in [-0.4, -0.2) is 73.3 Å². The molecule has 3 fully saturated rings. The van der Waals surface area contributed by atoms with Crippen molar-refractivity contribution in [2.24, 2.45) is 5.92 Å². The Hall–Kier alpha value is -0.770. The quantitative estimate of drug-likeness (QED) is 0.310. The highest BCUT2D eigenvalue weighted by Crippen LogP contribution is 2.32. The Balaban J connectivity index is 1.61. The van der Waals surface area contributed by atoms with E-state index in [-0.39, 0.29) is 36.5 Å². The molecule has 1 saturated heterocycles. The van der Waals surface area contributed by atoms with Gasteiger partial charge in [-0.1, -0.05) is 6.58 Å². The second kappa shape index (κ2) is 9.82. The second-order valence-electron chi connectivity index (χ2n) is 8.18. The molecule has 0 amide bonds. The van der Waals surface area contributed by atoms with Gasteiger partial charge in [-0.15, -0.1) is 11.6 Å². The molecule has 8 atom stereocenters. The van der Waals surface area contributed by atoms with E-state index < -0.39 is 17.5 Å². The summed E-state index contributed by atoms with van der Waals surface area (Å²) in [5.41, 5.74) is 0.141. The summed E-state index contributed by atoms with van der Waals surface area (Å²) in [6.07, 6.45) is 2.77. The molecule has 0 aromatic heterocycles. The fourth-order valence-corrected chi connectivity index (χ4v) is 5.07. The van der Waals surface area contributed by atoms with Gasteiger partial charge in [0.2, 0.25) is 0 Å². The van der Waals surface area contributed by atoms with E-state index in [0.717, 1.165) is 19.3 Å². The van der Waals surface area contributed by atoms with E-state index in [2.05, 4.69) is 27.8 Å². The number of fused-ring (bicyclic) bond motifs is 1. The summed E-state index contributed by atoms with van der Waals surface area (Å²) in [6.45, 7) is 4.52. The third kappa shape index (κ3) is 5.23. The van der Waals surface area contributed by atoms with Crippen molar-refractivity contribution in [3.63, 3.8) is 0 Å². The van der Waals surface area contributed by atoms with E-state index >= 15 is 0 Å². The number of hydrogen-bond acceptors (Lipinski definition) is 6. The first-order valence-electron chi connectivity index (χ1n) is 10.1. The maximum atomic E-state index is 13.7. The molecule has 0 aromatic carbocycles. The van der Waals surface area contributed by atoms with Gasteiger partial charge < -0.3 is 20.5 Å². The zero-order valence-corrected chi connectivity index (χ0v) is 17.1. The minimum atomic E-state index is -0.991. The van der Waals surface area contributed by atoms with Gasteiger partial charge in [-0.05, 0) is 32.1 Å². The van der Waals surface area contributed by atoms with Crippen LogP contribution in [0.5, 0.6) is 0 Å². The van der Waals surface area contributed by atoms with Gasteiger partial charge in [0.25, 0.3) is 0 Å². The normalized spacial score (nSPS) is 41.2. The van der Waals surface area contributed by atoms with Crippen LogP contribution in [0.1, 0.15) is 32.1 Å². The Kier molecular flexibility index (Phi) is 7.69. The van der Waals surface area contributed by atoms with Crippen molar-refractivity contribution >= 4 is 17.6 Å². The number of hydrogen-bond donors (Lipinski definition) is 5. The molecular formula is C19H32ClFN4O3. The summed E-state index contributed by atoms with van der Waals surface area (Å²) >= 11 is 6.14. The van der Waals surface area contributed by atoms with E-state index in [1.54, 1.807) is 7.11 Å². The molecule has 2 saturated carbocycles. The van der Waals surface area contributed by atoms with Crippen molar-refractivity contribution in [2.75, 3.05) is 20.3 Å². The maximum absolute atomic E-state index is 13.7. The van der Waals surface area contributed by atoms with Crippen molar-refractivity contribution in [1.29, 1.82) is 0 Å². The van der Waals surface area contributed by atoms with E-state index in [0.29, 0.717) is 31.5 Å². The molecule has 1 heterocycles. The van der Waals surface area contributed by atoms with Crippen LogP contribution in [0.2, 0.25) is 0 Å². The first-order chi connectivity index (χ1) is 13.4. The van der Waals surface area contributed by atoms with Crippen LogP contribution < -0.4 is 21.3 Å². The molecule has 0 spiro atoms. The largest absolute Gasteiger partial charge is 0.478 e. The SMILES string of the molecule is C=C(CNC1CC2C(CC1OC)NCNC2NC1CCC(F)C(Cl)C1)C(=O)O. The summed E-state index contributed by atoms with van der Waals surface area (Å²) in [4.78, 5) is 11.0. The number of carboxylic acids is 1. The lowest BCUT2D eigenvalue weighted by Gasteiger charge is -2.49. The monoisotopic (exact) mass is 418 g/mol. The van der Waals surface area contributed by atoms with Crippen molar-refractivity contribution in [3.05, 3.63) is 12.2 Å². The molecule has 0 bridgehead atoms.